The normalized spacial score (nSPS) is 12.8. The molecule has 0 aliphatic heterocycles. The highest BCUT2D eigenvalue weighted by Gasteiger charge is 2.13. The predicted octanol–water partition coefficient (Wildman–Crippen LogP) is 8.13. The Morgan fingerprint density at radius 1 is 0.667 bits per heavy atom. The van der Waals surface area contributed by atoms with Crippen LogP contribution >= 0.6 is 21.6 Å². The van der Waals surface area contributed by atoms with E-state index in [-0.39, 0.29) is 5.60 Å². The zero-order valence-corrected chi connectivity index (χ0v) is 19.1. The third-order valence-electron chi connectivity index (χ3n) is 4.53. The van der Waals surface area contributed by atoms with E-state index in [2.05, 4.69) is 63.1 Å². The van der Waals surface area contributed by atoms with Crippen LogP contribution in [0.4, 0.5) is 0 Å². The molecule has 0 spiro atoms. The Hall–Kier alpha value is 0.660. The Balaban J connectivity index is 3.13. The van der Waals surface area contributed by atoms with E-state index < -0.39 is 0 Å². The van der Waals surface area contributed by atoms with E-state index in [9.17, 15) is 0 Å². The highest BCUT2D eigenvalue weighted by atomic mass is 33.1. The van der Waals surface area contributed by atoms with Gasteiger partial charge in [-0.15, -0.1) is 0 Å². The van der Waals surface area contributed by atoms with Gasteiger partial charge < -0.3 is 4.74 Å². The van der Waals surface area contributed by atoms with Gasteiger partial charge in [0.2, 0.25) is 0 Å². The molecular weight excluding hydrogens is 332 g/mol. The zero-order valence-electron chi connectivity index (χ0n) is 17.4. The van der Waals surface area contributed by atoms with Crippen LogP contribution in [0.2, 0.25) is 0 Å². The third-order valence-corrected chi connectivity index (χ3v) is 7.11. The molecule has 0 aromatic carbocycles. The summed E-state index contributed by atoms with van der Waals surface area (Å²) < 4.78 is 5.74. The first-order valence-corrected chi connectivity index (χ1v) is 12.6. The first-order valence-electron chi connectivity index (χ1n) is 10.2. The second-order valence-corrected chi connectivity index (χ2v) is 11.4. The second kappa shape index (κ2) is 14.8. The molecule has 3 heteroatoms. The van der Waals surface area contributed by atoms with Crippen molar-refractivity contribution in [3.63, 3.8) is 0 Å². The van der Waals surface area contributed by atoms with Gasteiger partial charge in [-0.1, -0.05) is 80.9 Å². The van der Waals surface area contributed by atoms with Crippen molar-refractivity contribution in [1.82, 2.24) is 0 Å². The summed E-state index contributed by atoms with van der Waals surface area (Å²) in [6.45, 7) is 14.4. The average Bonchev–Trinajstić information content (AvgIpc) is 2.50. The van der Waals surface area contributed by atoms with Crippen LogP contribution in [0.15, 0.2) is 0 Å². The van der Waals surface area contributed by atoms with Crippen molar-refractivity contribution in [1.29, 1.82) is 0 Å². The summed E-state index contributed by atoms with van der Waals surface area (Å²) in [7, 11) is 4.16. The molecule has 0 radical (unpaired) electrons. The minimum absolute atomic E-state index is 0.0265. The maximum absolute atomic E-state index is 5.74. The maximum Gasteiger partial charge on any atom is 0.0598 e. The van der Waals surface area contributed by atoms with E-state index in [1.165, 1.54) is 75.7 Å². The number of unbranched alkanes of at least 4 members (excludes halogenated alkanes) is 6. The number of ether oxygens (including phenoxy) is 1. The molecule has 0 rings (SSSR count). The number of rotatable bonds is 16. The molecule has 0 aromatic heterocycles. The summed E-state index contributed by atoms with van der Waals surface area (Å²) in [6.07, 6.45) is 13.6. The van der Waals surface area contributed by atoms with E-state index in [0.717, 1.165) is 6.61 Å². The van der Waals surface area contributed by atoms with Gasteiger partial charge in [0.1, 0.15) is 0 Å². The van der Waals surface area contributed by atoms with Crippen molar-refractivity contribution in [3.05, 3.63) is 0 Å². The molecular formula is C21H44OS2. The van der Waals surface area contributed by atoms with Gasteiger partial charge in [-0.25, -0.2) is 0 Å². The van der Waals surface area contributed by atoms with Crippen LogP contribution in [0.1, 0.15) is 106 Å². The van der Waals surface area contributed by atoms with Crippen LogP contribution in [0.3, 0.4) is 0 Å². The monoisotopic (exact) mass is 376 g/mol. The van der Waals surface area contributed by atoms with Crippen LogP contribution < -0.4 is 0 Å². The first kappa shape index (κ1) is 24.7. The van der Waals surface area contributed by atoms with Gasteiger partial charge in [-0.3, -0.25) is 0 Å². The fraction of sp³-hybridized carbons (Fsp3) is 1.00. The summed E-state index contributed by atoms with van der Waals surface area (Å²) in [6, 6.07) is 0. The van der Waals surface area contributed by atoms with E-state index >= 15 is 0 Å². The molecule has 0 N–H and O–H groups in total. The summed E-state index contributed by atoms with van der Waals surface area (Å²) in [4.78, 5) is 0. The summed E-state index contributed by atoms with van der Waals surface area (Å²) >= 11 is 0. The zero-order chi connectivity index (χ0) is 18.3. The van der Waals surface area contributed by atoms with E-state index in [1.54, 1.807) is 0 Å². The van der Waals surface area contributed by atoms with Crippen LogP contribution in [-0.2, 0) is 4.74 Å². The standard InChI is InChI=1S/C21H44OS2/c1-7-21(5,6)16-12-8-10-14-18-23-24-19-15-11-9-13-17-22-20(2,3)4/h7-19H2,1-6H3. The molecule has 0 aliphatic carbocycles. The SMILES string of the molecule is CCC(C)(C)CCCCCCSSCCCCCCOC(C)(C)C. The molecule has 0 aliphatic rings. The highest BCUT2D eigenvalue weighted by molar-refractivity contribution is 8.76. The lowest BCUT2D eigenvalue weighted by molar-refractivity contribution is -0.00470. The molecule has 0 aromatic rings. The topological polar surface area (TPSA) is 9.23 Å². The van der Waals surface area contributed by atoms with Crippen molar-refractivity contribution in [2.24, 2.45) is 5.41 Å². The quantitative estimate of drug-likeness (QED) is 0.199. The van der Waals surface area contributed by atoms with Gasteiger partial charge in [0.15, 0.2) is 0 Å². The molecule has 0 saturated heterocycles. The Kier molecular flexibility index (Phi) is 15.2. The Labute approximate surface area is 161 Å². The summed E-state index contributed by atoms with van der Waals surface area (Å²) in [5, 5.41) is 0. The van der Waals surface area contributed by atoms with Crippen molar-refractivity contribution in [2.45, 2.75) is 111 Å². The molecule has 0 unspecified atom stereocenters. The van der Waals surface area contributed by atoms with Crippen LogP contribution in [-0.4, -0.2) is 23.7 Å². The van der Waals surface area contributed by atoms with Gasteiger partial charge in [0, 0.05) is 18.1 Å². The van der Waals surface area contributed by atoms with Gasteiger partial charge in [-0.2, -0.15) is 0 Å². The van der Waals surface area contributed by atoms with E-state index in [0.29, 0.717) is 5.41 Å². The lowest BCUT2D eigenvalue weighted by atomic mass is 9.84. The van der Waals surface area contributed by atoms with Crippen LogP contribution in [0.5, 0.6) is 0 Å². The van der Waals surface area contributed by atoms with E-state index in [4.69, 9.17) is 4.74 Å². The molecule has 146 valence electrons. The minimum atomic E-state index is 0.0265. The average molecular weight is 377 g/mol. The number of hydrogen-bond acceptors (Lipinski definition) is 3. The van der Waals surface area contributed by atoms with Crippen LogP contribution in [0, 0.1) is 5.41 Å². The Morgan fingerprint density at radius 2 is 1.17 bits per heavy atom. The van der Waals surface area contributed by atoms with E-state index in [1.807, 2.05) is 0 Å². The van der Waals surface area contributed by atoms with Gasteiger partial charge in [0.25, 0.3) is 0 Å². The maximum atomic E-state index is 5.74. The van der Waals surface area contributed by atoms with Gasteiger partial charge >= 0.3 is 0 Å². The Morgan fingerprint density at radius 3 is 1.67 bits per heavy atom. The fourth-order valence-corrected chi connectivity index (χ4v) is 4.70. The van der Waals surface area contributed by atoms with Crippen molar-refractivity contribution < 1.29 is 4.74 Å². The molecule has 0 atom stereocenters. The predicted molar refractivity (Wildman–Crippen MR) is 116 cm³/mol. The highest BCUT2D eigenvalue weighted by Crippen LogP contribution is 2.28. The van der Waals surface area contributed by atoms with Crippen molar-refractivity contribution in [3.8, 4) is 0 Å². The molecule has 24 heavy (non-hydrogen) atoms. The van der Waals surface area contributed by atoms with Crippen molar-refractivity contribution in [2.75, 3.05) is 18.1 Å². The molecule has 0 fully saturated rings. The van der Waals surface area contributed by atoms with Crippen LogP contribution in [0.25, 0.3) is 0 Å². The Bertz CT molecular complexity index is 272. The number of hydrogen-bond donors (Lipinski definition) is 0. The van der Waals surface area contributed by atoms with Gasteiger partial charge in [-0.05, 0) is 51.9 Å². The summed E-state index contributed by atoms with van der Waals surface area (Å²) in [5.41, 5.74) is 0.585. The first-order chi connectivity index (χ1) is 11.3. The van der Waals surface area contributed by atoms with Gasteiger partial charge in [0.05, 0.1) is 5.60 Å². The molecule has 0 amide bonds. The lowest BCUT2D eigenvalue weighted by Gasteiger charge is -2.22. The molecule has 0 heterocycles. The molecule has 1 nitrogen and oxygen atoms in total. The smallest absolute Gasteiger partial charge is 0.0598 e. The summed E-state index contributed by atoms with van der Waals surface area (Å²) in [5.74, 6) is 2.65. The fourth-order valence-electron chi connectivity index (χ4n) is 2.41. The second-order valence-electron chi connectivity index (χ2n) is 8.70. The molecule has 0 bridgehead atoms. The third kappa shape index (κ3) is 19.0. The molecule has 0 saturated carbocycles. The van der Waals surface area contributed by atoms with Crippen molar-refractivity contribution >= 4 is 21.6 Å². The minimum Gasteiger partial charge on any atom is -0.376 e. The largest absolute Gasteiger partial charge is 0.376 e. The lowest BCUT2D eigenvalue weighted by Crippen LogP contribution is -2.19.